The molecular weight excluding hydrogens is 444 g/mol. The van der Waals surface area contributed by atoms with Gasteiger partial charge >= 0.3 is 6.09 Å². The molecule has 0 saturated carbocycles. The van der Waals surface area contributed by atoms with E-state index in [0.29, 0.717) is 5.65 Å². The van der Waals surface area contributed by atoms with Crippen LogP contribution in [-0.4, -0.2) is 21.2 Å². The van der Waals surface area contributed by atoms with E-state index in [0.717, 1.165) is 37.8 Å². The highest BCUT2D eigenvalue weighted by Crippen LogP contribution is 2.40. The minimum atomic E-state index is -1.04. The van der Waals surface area contributed by atoms with Crippen molar-refractivity contribution >= 4 is 40.3 Å². The maximum absolute atomic E-state index is 11.5. The van der Waals surface area contributed by atoms with Gasteiger partial charge in [-0.15, -0.1) is 0 Å². The van der Waals surface area contributed by atoms with E-state index in [-0.39, 0.29) is 11.5 Å². The number of anilines is 2. The molecule has 1 unspecified atom stereocenters. The number of carboxylic acid groups (broad SMARTS) is 1. The van der Waals surface area contributed by atoms with E-state index in [1.165, 1.54) is 0 Å². The van der Waals surface area contributed by atoms with Crippen molar-refractivity contribution in [3.05, 3.63) is 84.2 Å². The summed E-state index contributed by atoms with van der Waals surface area (Å²) in [6, 6.07) is 21.8. The summed E-state index contributed by atoms with van der Waals surface area (Å²) in [6.07, 6.45) is 0.702. The lowest BCUT2D eigenvalue weighted by Crippen LogP contribution is -2.35. The molecule has 0 aliphatic rings. The predicted octanol–water partition coefficient (Wildman–Crippen LogP) is 7.19. The number of carbonyl (C=O) groups is 1. The highest BCUT2D eigenvalue weighted by molar-refractivity contribution is 7.99. The minimum absolute atomic E-state index is 0.311. The molecular formula is C27H28N4O2S. The van der Waals surface area contributed by atoms with E-state index < -0.39 is 6.09 Å². The van der Waals surface area contributed by atoms with Crippen LogP contribution in [0.15, 0.2) is 82.7 Å². The standard InChI is InChI=1S/C27H28N4O2S/c1-17-10-12-20-21(14-15-28-25(20)29-17)30-22-16-18(24(27(2,3)4)31-26(32)33)11-13-23(22)34-19-8-6-5-7-9-19/h5-16,24,31H,1-4H3,(H,32,33)(H,28,29,30). The third kappa shape index (κ3) is 5.48. The number of amides is 1. The van der Waals surface area contributed by atoms with E-state index in [2.05, 4.69) is 32.7 Å². The van der Waals surface area contributed by atoms with Crippen LogP contribution >= 0.6 is 11.8 Å². The number of aromatic nitrogens is 2. The highest BCUT2D eigenvalue weighted by Gasteiger charge is 2.28. The summed E-state index contributed by atoms with van der Waals surface area (Å²) in [6.45, 7) is 8.02. The van der Waals surface area contributed by atoms with Crippen LogP contribution in [0.2, 0.25) is 0 Å². The zero-order valence-corrected chi connectivity index (χ0v) is 20.5. The van der Waals surface area contributed by atoms with Gasteiger partial charge in [-0.1, -0.05) is 56.8 Å². The minimum Gasteiger partial charge on any atom is -0.465 e. The Hall–Kier alpha value is -3.58. The number of rotatable bonds is 6. The molecule has 7 heteroatoms. The molecule has 2 aromatic carbocycles. The summed E-state index contributed by atoms with van der Waals surface area (Å²) >= 11 is 1.65. The Morgan fingerprint density at radius 2 is 1.76 bits per heavy atom. The van der Waals surface area contributed by atoms with Crippen LogP contribution in [0.5, 0.6) is 0 Å². The maximum Gasteiger partial charge on any atom is 0.405 e. The van der Waals surface area contributed by atoms with Crippen LogP contribution in [0.1, 0.15) is 38.1 Å². The Morgan fingerprint density at radius 1 is 1.00 bits per heavy atom. The molecule has 4 aromatic rings. The van der Waals surface area contributed by atoms with Gasteiger partial charge < -0.3 is 15.7 Å². The SMILES string of the molecule is Cc1ccc2c(Nc3cc(C(NC(=O)O)C(C)(C)C)ccc3Sc3ccccc3)ccnc2n1. The molecule has 34 heavy (non-hydrogen) atoms. The number of fused-ring (bicyclic) bond motifs is 1. The first-order chi connectivity index (χ1) is 16.2. The molecule has 174 valence electrons. The first-order valence-electron chi connectivity index (χ1n) is 11.1. The van der Waals surface area contributed by atoms with Crippen LogP contribution in [0, 0.1) is 12.3 Å². The lowest BCUT2D eigenvalue weighted by Gasteiger charge is -2.31. The van der Waals surface area contributed by atoms with Gasteiger partial charge in [0, 0.05) is 27.1 Å². The van der Waals surface area contributed by atoms with Gasteiger partial charge in [-0.3, -0.25) is 0 Å². The van der Waals surface area contributed by atoms with E-state index in [4.69, 9.17) is 0 Å². The van der Waals surface area contributed by atoms with Crippen molar-refractivity contribution < 1.29 is 9.90 Å². The lowest BCUT2D eigenvalue weighted by molar-refractivity contribution is 0.175. The molecule has 0 saturated heterocycles. The molecule has 0 bridgehead atoms. The number of benzene rings is 2. The normalized spacial score (nSPS) is 12.4. The molecule has 3 N–H and O–H groups in total. The van der Waals surface area contributed by atoms with Crippen molar-refractivity contribution in [2.75, 3.05) is 5.32 Å². The third-order valence-electron chi connectivity index (χ3n) is 5.45. The van der Waals surface area contributed by atoms with Gasteiger partial charge in [0.25, 0.3) is 0 Å². The third-order valence-corrected chi connectivity index (χ3v) is 6.54. The van der Waals surface area contributed by atoms with E-state index in [9.17, 15) is 9.90 Å². The maximum atomic E-state index is 11.5. The Kier molecular flexibility index (Phi) is 6.75. The number of hydrogen-bond donors (Lipinski definition) is 3. The highest BCUT2D eigenvalue weighted by atomic mass is 32.2. The van der Waals surface area contributed by atoms with Crippen LogP contribution in [0.4, 0.5) is 16.2 Å². The Morgan fingerprint density at radius 3 is 2.47 bits per heavy atom. The van der Waals surface area contributed by atoms with Crippen molar-refractivity contribution in [3.63, 3.8) is 0 Å². The molecule has 0 aliphatic heterocycles. The molecule has 1 atom stereocenters. The average Bonchev–Trinajstić information content (AvgIpc) is 2.78. The molecule has 0 spiro atoms. The number of pyridine rings is 2. The summed E-state index contributed by atoms with van der Waals surface area (Å²) < 4.78 is 0. The van der Waals surface area contributed by atoms with Crippen molar-refractivity contribution in [1.29, 1.82) is 0 Å². The number of nitrogens with zero attached hydrogens (tertiary/aromatic N) is 2. The van der Waals surface area contributed by atoms with Gasteiger partial charge in [-0.25, -0.2) is 14.8 Å². The second-order valence-corrected chi connectivity index (χ2v) is 10.3. The molecule has 1 amide bonds. The summed E-state index contributed by atoms with van der Waals surface area (Å²) in [7, 11) is 0. The van der Waals surface area contributed by atoms with E-state index in [1.807, 2.05) is 82.3 Å². The zero-order chi connectivity index (χ0) is 24.3. The fourth-order valence-corrected chi connectivity index (χ4v) is 4.73. The monoisotopic (exact) mass is 472 g/mol. The van der Waals surface area contributed by atoms with E-state index in [1.54, 1.807) is 18.0 Å². The average molecular weight is 473 g/mol. The molecule has 2 aromatic heterocycles. The van der Waals surface area contributed by atoms with Crippen LogP contribution in [-0.2, 0) is 0 Å². The van der Waals surface area contributed by atoms with Crippen LogP contribution < -0.4 is 10.6 Å². The van der Waals surface area contributed by atoms with Gasteiger partial charge in [0.15, 0.2) is 5.65 Å². The summed E-state index contributed by atoms with van der Waals surface area (Å²) in [5.41, 5.74) is 3.95. The largest absolute Gasteiger partial charge is 0.465 e. The van der Waals surface area contributed by atoms with Gasteiger partial charge in [-0.05, 0) is 60.4 Å². The van der Waals surface area contributed by atoms with E-state index >= 15 is 0 Å². The van der Waals surface area contributed by atoms with Gasteiger partial charge in [-0.2, -0.15) is 0 Å². The van der Waals surface area contributed by atoms with Gasteiger partial charge in [0.2, 0.25) is 0 Å². The second-order valence-electron chi connectivity index (χ2n) is 9.23. The summed E-state index contributed by atoms with van der Waals surface area (Å²) in [5.74, 6) is 0. The Bertz CT molecular complexity index is 1320. The molecule has 2 heterocycles. The first kappa shape index (κ1) is 23.6. The second kappa shape index (κ2) is 9.73. The first-order valence-corrected chi connectivity index (χ1v) is 11.9. The van der Waals surface area contributed by atoms with Crippen LogP contribution in [0.25, 0.3) is 11.0 Å². The Labute approximate surface area is 203 Å². The Balaban J connectivity index is 1.80. The molecule has 4 rings (SSSR count). The molecule has 0 aliphatic carbocycles. The van der Waals surface area contributed by atoms with Crippen LogP contribution in [0.3, 0.4) is 0 Å². The summed E-state index contributed by atoms with van der Waals surface area (Å²) in [4.78, 5) is 22.7. The van der Waals surface area contributed by atoms with Crippen molar-refractivity contribution in [2.24, 2.45) is 5.41 Å². The van der Waals surface area contributed by atoms with Gasteiger partial charge in [0.1, 0.15) is 0 Å². The number of nitrogens with one attached hydrogen (secondary N) is 2. The fraction of sp³-hybridized carbons (Fsp3) is 0.222. The number of hydrogen-bond acceptors (Lipinski definition) is 5. The quantitative estimate of drug-likeness (QED) is 0.275. The molecule has 0 radical (unpaired) electrons. The predicted molar refractivity (Wildman–Crippen MR) is 138 cm³/mol. The van der Waals surface area contributed by atoms with Crippen molar-refractivity contribution in [1.82, 2.24) is 15.3 Å². The van der Waals surface area contributed by atoms with Gasteiger partial charge in [0.05, 0.1) is 17.4 Å². The number of aryl methyl sites for hydroxylation is 1. The zero-order valence-electron chi connectivity index (χ0n) is 19.7. The summed E-state index contributed by atoms with van der Waals surface area (Å²) in [5, 5.41) is 16.7. The lowest BCUT2D eigenvalue weighted by atomic mass is 9.82. The topological polar surface area (TPSA) is 87.1 Å². The molecule has 6 nitrogen and oxygen atoms in total. The van der Waals surface area contributed by atoms with Crippen molar-refractivity contribution in [2.45, 2.75) is 43.5 Å². The fourth-order valence-electron chi connectivity index (χ4n) is 3.83. The smallest absolute Gasteiger partial charge is 0.405 e. The molecule has 0 fully saturated rings. The van der Waals surface area contributed by atoms with Crippen molar-refractivity contribution in [3.8, 4) is 0 Å².